The molecule has 0 radical (unpaired) electrons. The smallest absolute Gasteiger partial charge is 0.271 e. The summed E-state index contributed by atoms with van der Waals surface area (Å²) in [5, 5.41) is 5.90. The predicted octanol–water partition coefficient (Wildman–Crippen LogP) is 4.65. The summed E-state index contributed by atoms with van der Waals surface area (Å²) in [7, 11) is 2.13. The molecule has 0 saturated carbocycles. The average molecular weight is 550 g/mol. The van der Waals surface area contributed by atoms with Gasteiger partial charge in [0.05, 0.1) is 0 Å². The lowest BCUT2D eigenvalue weighted by Crippen LogP contribution is -2.44. The molecule has 3 aromatic carbocycles. The van der Waals surface area contributed by atoms with Gasteiger partial charge in [0.25, 0.3) is 5.91 Å². The number of carbonyl (C=O) groups is 2. The molecule has 2 amide bonds. The molecule has 2 heterocycles. The summed E-state index contributed by atoms with van der Waals surface area (Å²) >= 11 is 0. The van der Waals surface area contributed by atoms with Crippen molar-refractivity contribution in [1.82, 2.24) is 14.9 Å². The van der Waals surface area contributed by atoms with Crippen LogP contribution < -0.4 is 26.0 Å². The van der Waals surface area contributed by atoms with Crippen molar-refractivity contribution in [2.45, 2.75) is 0 Å². The number of ether oxygens (including phenoxy) is 1. The third-order valence-electron chi connectivity index (χ3n) is 6.64. The second-order valence-corrected chi connectivity index (χ2v) is 9.59. The largest absolute Gasteiger partial charge is 0.437 e. The van der Waals surface area contributed by atoms with E-state index in [0.29, 0.717) is 28.4 Å². The Morgan fingerprint density at radius 1 is 0.927 bits per heavy atom. The van der Waals surface area contributed by atoms with E-state index in [9.17, 15) is 9.59 Å². The number of piperazine rings is 1. The minimum absolute atomic E-state index is 0.0219. The van der Waals surface area contributed by atoms with Crippen LogP contribution in [0.4, 0.5) is 22.9 Å². The topological polar surface area (TPSA) is 126 Å². The van der Waals surface area contributed by atoms with Crippen LogP contribution in [-0.2, 0) is 4.79 Å². The number of anilines is 4. The lowest BCUT2D eigenvalue weighted by atomic mass is 10.1. The molecule has 10 heteroatoms. The number of hydrogen-bond donors (Lipinski definition) is 3. The van der Waals surface area contributed by atoms with Crippen LogP contribution in [0, 0.1) is 0 Å². The van der Waals surface area contributed by atoms with Crippen LogP contribution in [0.2, 0.25) is 0 Å². The molecule has 1 aliphatic heterocycles. The van der Waals surface area contributed by atoms with E-state index in [1.165, 1.54) is 6.08 Å². The molecule has 4 N–H and O–H groups in total. The number of primary amides is 1. The molecule has 1 aromatic heterocycles. The number of carbonyl (C=O) groups excluding carboxylic acids is 2. The van der Waals surface area contributed by atoms with Crippen LogP contribution in [0.3, 0.4) is 0 Å². The number of nitrogens with two attached hydrogens (primary N) is 1. The fourth-order valence-corrected chi connectivity index (χ4v) is 4.43. The molecule has 1 fully saturated rings. The summed E-state index contributed by atoms with van der Waals surface area (Å²) in [5.74, 6) is -0.344. The van der Waals surface area contributed by atoms with Gasteiger partial charge in [-0.25, -0.2) is 4.98 Å². The summed E-state index contributed by atoms with van der Waals surface area (Å²) in [4.78, 5) is 38.2. The minimum Gasteiger partial charge on any atom is -0.437 e. The standard InChI is InChI=1S/C31H31N7O3/c1-3-26(39)33-23-10-7-11-25(20-23)41-31-27(21-8-5-4-6-9-21)35-28(29(32)40)30(36-31)34-22-12-14-24(15-13-22)38-18-16-37(2)17-19-38/h3-15,20H,1,16-19H2,2H3,(H2,32,40)(H,33,39)(H,34,36). The van der Waals surface area contributed by atoms with Crippen molar-refractivity contribution in [3.63, 3.8) is 0 Å². The summed E-state index contributed by atoms with van der Waals surface area (Å²) in [6.45, 7) is 7.42. The number of amides is 2. The Hall–Kier alpha value is -5.22. The normalized spacial score (nSPS) is 13.3. The number of aromatic nitrogens is 2. The summed E-state index contributed by atoms with van der Waals surface area (Å²) in [6, 6.07) is 24.0. The molecular weight excluding hydrogens is 518 g/mol. The third kappa shape index (κ3) is 6.68. The SMILES string of the molecule is C=CC(=O)Nc1cccc(Oc2nc(Nc3ccc(N4CCN(C)CC4)cc3)c(C(N)=O)nc2-c2ccccc2)c1. The van der Waals surface area contributed by atoms with E-state index in [-0.39, 0.29) is 23.3 Å². The highest BCUT2D eigenvalue weighted by molar-refractivity contribution is 5.99. The van der Waals surface area contributed by atoms with Crippen molar-refractivity contribution in [3.05, 3.63) is 97.2 Å². The van der Waals surface area contributed by atoms with Gasteiger partial charge in [-0.2, -0.15) is 4.98 Å². The van der Waals surface area contributed by atoms with E-state index in [1.807, 2.05) is 54.6 Å². The first-order valence-corrected chi connectivity index (χ1v) is 13.2. The lowest BCUT2D eigenvalue weighted by molar-refractivity contribution is -0.111. The number of rotatable bonds is 9. The molecule has 0 bridgehead atoms. The van der Waals surface area contributed by atoms with Crippen molar-refractivity contribution < 1.29 is 14.3 Å². The van der Waals surface area contributed by atoms with Crippen LogP contribution in [0.15, 0.2) is 91.5 Å². The fourth-order valence-electron chi connectivity index (χ4n) is 4.43. The highest BCUT2D eigenvalue weighted by atomic mass is 16.5. The molecule has 0 unspecified atom stereocenters. The maximum Gasteiger partial charge on any atom is 0.271 e. The summed E-state index contributed by atoms with van der Waals surface area (Å²) in [6.07, 6.45) is 1.19. The van der Waals surface area contributed by atoms with Gasteiger partial charge in [-0.15, -0.1) is 0 Å². The monoisotopic (exact) mass is 549 g/mol. The number of nitrogens with zero attached hydrogens (tertiary/aromatic N) is 4. The van der Waals surface area contributed by atoms with E-state index in [0.717, 1.165) is 31.9 Å². The molecule has 41 heavy (non-hydrogen) atoms. The maximum atomic E-state index is 12.5. The predicted molar refractivity (Wildman–Crippen MR) is 161 cm³/mol. The summed E-state index contributed by atoms with van der Waals surface area (Å²) < 4.78 is 6.19. The molecule has 208 valence electrons. The Kier molecular flexibility index (Phi) is 8.21. The lowest BCUT2D eigenvalue weighted by Gasteiger charge is -2.34. The van der Waals surface area contributed by atoms with Crippen LogP contribution >= 0.6 is 0 Å². The number of hydrogen-bond acceptors (Lipinski definition) is 8. The second kappa shape index (κ2) is 12.3. The molecular formula is C31H31N7O3. The maximum absolute atomic E-state index is 12.5. The zero-order valence-corrected chi connectivity index (χ0v) is 22.7. The average Bonchev–Trinajstić information content (AvgIpc) is 2.98. The Bertz CT molecular complexity index is 1550. The van der Waals surface area contributed by atoms with E-state index < -0.39 is 5.91 Å². The zero-order valence-electron chi connectivity index (χ0n) is 22.7. The van der Waals surface area contributed by atoms with Crippen LogP contribution in [-0.4, -0.2) is 59.9 Å². The van der Waals surface area contributed by atoms with Crippen molar-refractivity contribution in [3.8, 4) is 22.9 Å². The van der Waals surface area contributed by atoms with Gasteiger partial charge in [0.2, 0.25) is 11.8 Å². The van der Waals surface area contributed by atoms with Gasteiger partial charge < -0.3 is 30.9 Å². The van der Waals surface area contributed by atoms with Crippen molar-refractivity contribution in [2.75, 3.05) is 48.8 Å². The van der Waals surface area contributed by atoms with Crippen molar-refractivity contribution in [2.24, 2.45) is 5.73 Å². The molecule has 10 nitrogen and oxygen atoms in total. The van der Waals surface area contributed by atoms with Crippen molar-refractivity contribution in [1.29, 1.82) is 0 Å². The van der Waals surface area contributed by atoms with Crippen LogP contribution in [0.25, 0.3) is 11.3 Å². The number of nitrogens with one attached hydrogen (secondary N) is 2. The Morgan fingerprint density at radius 2 is 1.66 bits per heavy atom. The van der Waals surface area contributed by atoms with E-state index in [1.54, 1.807) is 24.3 Å². The first kappa shape index (κ1) is 27.4. The van der Waals surface area contributed by atoms with Crippen molar-refractivity contribution >= 4 is 34.7 Å². The van der Waals surface area contributed by atoms with Gasteiger partial charge in [-0.05, 0) is 49.5 Å². The molecule has 0 aliphatic carbocycles. The number of likely N-dealkylation sites (N-methyl/N-ethyl adjacent to an activating group) is 1. The zero-order chi connectivity index (χ0) is 28.8. The first-order valence-electron chi connectivity index (χ1n) is 13.2. The van der Waals surface area contributed by atoms with Crippen LogP contribution in [0.1, 0.15) is 10.5 Å². The van der Waals surface area contributed by atoms with Gasteiger partial charge in [0.1, 0.15) is 11.4 Å². The van der Waals surface area contributed by atoms with Gasteiger partial charge in [0, 0.05) is 54.9 Å². The van der Waals surface area contributed by atoms with Gasteiger partial charge >= 0.3 is 0 Å². The molecule has 1 aliphatic rings. The van der Waals surface area contributed by atoms with E-state index in [2.05, 4.69) is 44.0 Å². The molecule has 0 spiro atoms. The fraction of sp³-hybridized carbons (Fsp3) is 0.161. The Labute approximate surface area is 238 Å². The molecule has 5 rings (SSSR count). The van der Waals surface area contributed by atoms with Gasteiger partial charge in [-0.1, -0.05) is 43.0 Å². The molecule has 4 aromatic rings. The highest BCUT2D eigenvalue weighted by Crippen LogP contribution is 2.34. The second-order valence-electron chi connectivity index (χ2n) is 9.59. The van der Waals surface area contributed by atoms with Gasteiger partial charge in [-0.3, -0.25) is 9.59 Å². The van der Waals surface area contributed by atoms with Gasteiger partial charge in [0.15, 0.2) is 11.5 Å². The van der Waals surface area contributed by atoms with Crippen LogP contribution in [0.5, 0.6) is 11.6 Å². The quantitative estimate of drug-likeness (QED) is 0.258. The molecule has 0 atom stereocenters. The summed E-state index contributed by atoms with van der Waals surface area (Å²) in [5.41, 5.74) is 9.12. The highest BCUT2D eigenvalue weighted by Gasteiger charge is 2.21. The minimum atomic E-state index is -0.730. The van der Waals surface area contributed by atoms with E-state index in [4.69, 9.17) is 10.5 Å². The molecule has 1 saturated heterocycles. The number of benzene rings is 3. The first-order chi connectivity index (χ1) is 19.9. The van der Waals surface area contributed by atoms with E-state index >= 15 is 0 Å². The Morgan fingerprint density at radius 3 is 2.34 bits per heavy atom. The Balaban J connectivity index is 1.48. The third-order valence-corrected chi connectivity index (χ3v) is 6.64.